The van der Waals surface area contributed by atoms with Gasteiger partial charge in [0.25, 0.3) is 0 Å². The summed E-state index contributed by atoms with van der Waals surface area (Å²) in [5.41, 5.74) is 0. The van der Waals surface area contributed by atoms with Crippen molar-refractivity contribution in [3.8, 4) is 0 Å². The van der Waals surface area contributed by atoms with Crippen LogP contribution in [0.5, 0.6) is 0 Å². The molecule has 0 aromatic heterocycles. The number of hydrogen-bond acceptors (Lipinski definition) is 3. The monoisotopic (exact) mass is 146 g/mol. The first-order valence-corrected chi connectivity index (χ1v) is 3.25. The summed E-state index contributed by atoms with van der Waals surface area (Å²) in [5, 5.41) is 8.37. The standard InChI is InChI=1S/C6H10O4/c7-6(8)3-5-1-2-9-10-4-5/h5H,1-4H2,(H,7,8)/t5-/m0/s1. The van der Waals surface area contributed by atoms with Gasteiger partial charge in [-0.25, -0.2) is 9.78 Å². The van der Waals surface area contributed by atoms with Gasteiger partial charge in [0.15, 0.2) is 0 Å². The highest BCUT2D eigenvalue weighted by atomic mass is 17.2. The fraction of sp³-hybridized carbons (Fsp3) is 0.833. The van der Waals surface area contributed by atoms with Gasteiger partial charge in [0.2, 0.25) is 0 Å². The van der Waals surface area contributed by atoms with Gasteiger partial charge in [-0.2, -0.15) is 0 Å². The molecule has 1 aliphatic rings. The smallest absolute Gasteiger partial charge is 0.303 e. The molecule has 0 spiro atoms. The Labute approximate surface area is 58.7 Å². The Hall–Kier alpha value is -0.610. The molecule has 0 saturated carbocycles. The van der Waals surface area contributed by atoms with Gasteiger partial charge in [-0.3, -0.25) is 4.79 Å². The van der Waals surface area contributed by atoms with E-state index in [-0.39, 0.29) is 12.3 Å². The molecule has 0 aromatic rings. The Morgan fingerprint density at radius 1 is 1.60 bits per heavy atom. The Morgan fingerprint density at radius 2 is 2.40 bits per heavy atom. The minimum atomic E-state index is -0.768. The second kappa shape index (κ2) is 3.53. The molecule has 4 heteroatoms. The molecule has 0 bridgehead atoms. The summed E-state index contributed by atoms with van der Waals surface area (Å²) < 4.78 is 0. The molecule has 58 valence electrons. The zero-order chi connectivity index (χ0) is 7.40. The number of carboxylic acids is 1. The van der Waals surface area contributed by atoms with Crippen molar-refractivity contribution >= 4 is 5.97 Å². The van der Waals surface area contributed by atoms with E-state index in [9.17, 15) is 4.79 Å². The quantitative estimate of drug-likeness (QED) is 0.574. The van der Waals surface area contributed by atoms with Crippen LogP contribution in [-0.4, -0.2) is 24.3 Å². The molecule has 1 aliphatic heterocycles. The van der Waals surface area contributed by atoms with E-state index >= 15 is 0 Å². The van der Waals surface area contributed by atoms with E-state index in [1.807, 2.05) is 0 Å². The summed E-state index contributed by atoms with van der Waals surface area (Å²) in [6.45, 7) is 0.921. The molecule has 1 N–H and O–H groups in total. The van der Waals surface area contributed by atoms with Crippen LogP contribution < -0.4 is 0 Å². The normalized spacial score (nSPS) is 26.2. The van der Waals surface area contributed by atoms with Crippen molar-refractivity contribution in [2.45, 2.75) is 12.8 Å². The zero-order valence-corrected chi connectivity index (χ0v) is 5.58. The van der Waals surface area contributed by atoms with Crippen LogP contribution in [0, 0.1) is 5.92 Å². The number of aliphatic carboxylic acids is 1. The largest absolute Gasteiger partial charge is 0.481 e. The van der Waals surface area contributed by atoms with E-state index in [2.05, 4.69) is 9.78 Å². The highest BCUT2D eigenvalue weighted by molar-refractivity contribution is 5.67. The third-order valence-corrected chi connectivity index (χ3v) is 1.46. The lowest BCUT2D eigenvalue weighted by molar-refractivity contribution is -0.324. The van der Waals surface area contributed by atoms with E-state index in [1.165, 1.54) is 0 Å². The molecule has 0 radical (unpaired) electrons. The average molecular weight is 146 g/mol. The second-order valence-corrected chi connectivity index (χ2v) is 2.36. The Morgan fingerprint density at radius 3 is 2.90 bits per heavy atom. The summed E-state index contributed by atoms with van der Waals surface area (Å²) in [4.78, 5) is 19.4. The summed E-state index contributed by atoms with van der Waals surface area (Å²) in [7, 11) is 0. The van der Waals surface area contributed by atoms with E-state index < -0.39 is 5.97 Å². The van der Waals surface area contributed by atoms with E-state index in [0.717, 1.165) is 6.42 Å². The van der Waals surface area contributed by atoms with Crippen LogP contribution in [0.2, 0.25) is 0 Å². The van der Waals surface area contributed by atoms with Gasteiger partial charge in [0.05, 0.1) is 19.6 Å². The molecule has 4 nitrogen and oxygen atoms in total. The molecule has 0 amide bonds. The Balaban J connectivity index is 2.19. The van der Waals surface area contributed by atoms with Crippen molar-refractivity contribution in [2.75, 3.05) is 13.2 Å². The number of carbonyl (C=O) groups is 1. The fourth-order valence-corrected chi connectivity index (χ4v) is 0.909. The van der Waals surface area contributed by atoms with E-state index in [0.29, 0.717) is 13.2 Å². The number of hydrogen-bond donors (Lipinski definition) is 1. The third kappa shape index (κ3) is 2.33. The highest BCUT2D eigenvalue weighted by Crippen LogP contribution is 2.13. The zero-order valence-electron chi connectivity index (χ0n) is 5.58. The molecule has 1 fully saturated rings. The topological polar surface area (TPSA) is 55.8 Å². The van der Waals surface area contributed by atoms with Crippen molar-refractivity contribution in [1.82, 2.24) is 0 Å². The molecule has 0 aromatic carbocycles. The maximum absolute atomic E-state index is 10.2. The molecule has 1 heterocycles. The highest BCUT2D eigenvalue weighted by Gasteiger charge is 2.17. The minimum absolute atomic E-state index is 0.131. The lowest BCUT2D eigenvalue weighted by Gasteiger charge is -2.18. The summed E-state index contributed by atoms with van der Waals surface area (Å²) in [5.74, 6) is -0.637. The van der Waals surface area contributed by atoms with Gasteiger partial charge in [0, 0.05) is 0 Å². The van der Waals surface area contributed by atoms with Crippen molar-refractivity contribution in [3.63, 3.8) is 0 Å². The van der Waals surface area contributed by atoms with Crippen molar-refractivity contribution in [3.05, 3.63) is 0 Å². The molecule has 1 atom stereocenters. The molecule has 0 unspecified atom stereocenters. The van der Waals surface area contributed by atoms with Crippen LogP contribution in [0.1, 0.15) is 12.8 Å². The Bertz CT molecular complexity index is 117. The maximum Gasteiger partial charge on any atom is 0.303 e. The van der Waals surface area contributed by atoms with Gasteiger partial charge in [0.1, 0.15) is 0 Å². The SMILES string of the molecule is O=C(O)C[C@@H]1CCOOC1. The molecule has 0 aliphatic carbocycles. The third-order valence-electron chi connectivity index (χ3n) is 1.46. The first-order chi connectivity index (χ1) is 4.79. The van der Waals surface area contributed by atoms with Gasteiger partial charge >= 0.3 is 5.97 Å². The fourth-order valence-electron chi connectivity index (χ4n) is 0.909. The van der Waals surface area contributed by atoms with Crippen LogP contribution in [0.3, 0.4) is 0 Å². The van der Waals surface area contributed by atoms with Crippen LogP contribution in [0.15, 0.2) is 0 Å². The van der Waals surface area contributed by atoms with Gasteiger partial charge in [-0.15, -0.1) is 0 Å². The number of rotatable bonds is 2. The van der Waals surface area contributed by atoms with Crippen molar-refractivity contribution < 1.29 is 19.7 Å². The Kier molecular flexibility index (Phi) is 2.65. The minimum Gasteiger partial charge on any atom is -0.481 e. The first-order valence-electron chi connectivity index (χ1n) is 3.25. The molecular weight excluding hydrogens is 136 g/mol. The summed E-state index contributed by atoms with van der Waals surface area (Å²) >= 11 is 0. The maximum atomic E-state index is 10.2. The predicted molar refractivity (Wildman–Crippen MR) is 32.3 cm³/mol. The number of carboxylic acid groups (broad SMARTS) is 1. The van der Waals surface area contributed by atoms with Gasteiger partial charge in [-0.05, 0) is 12.3 Å². The van der Waals surface area contributed by atoms with Crippen molar-refractivity contribution in [1.29, 1.82) is 0 Å². The van der Waals surface area contributed by atoms with Crippen molar-refractivity contribution in [2.24, 2.45) is 5.92 Å². The van der Waals surface area contributed by atoms with Crippen LogP contribution in [-0.2, 0) is 14.6 Å². The molecule has 1 rings (SSSR count). The lowest BCUT2D eigenvalue weighted by Crippen LogP contribution is -2.21. The predicted octanol–water partition coefficient (Wildman–Crippen LogP) is 0.429. The van der Waals surface area contributed by atoms with Gasteiger partial charge < -0.3 is 5.11 Å². The van der Waals surface area contributed by atoms with Gasteiger partial charge in [-0.1, -0.05) is 0 Å². The second-order valence-electron chi connectivity index (χ2n) is 2.36. The van der Waals surface area contributed by atoms with E-state index in [1.54, 1.807) is 0 Å². The first kappa shape index (κ1) is 7.50. The lowest BCUT2D eigenvalue weighted by atomic mass is 10.0. The van der Waals surface area contributed by atoms with E-state index in [4.69, 9.17) is 5.11 Å². The average Bonchev–Trinajstić information content (AvgIpc) is 1.88. The molecular formula is C6H10O4. The molecule has 10 heavy (non-hydrogen) atoms. The van der Waals surface area contributed by atoms with Crippen LogP contribution in [0.25, 0.3) is 0 Å². The summed E-state index contributed by atoms with van der Waals surface area (Å²) in [6, 6.07) is 0. The molecule has 1 saturated heterocycles. The van der Waals surface area contributed by atoms with Crippen LogP contribution >= 0.6 is 0 Å². The summed E-state index contributed by atoms with van der Waals surface area (Å²) in [6.07, 6.45) is 0.968. The van der Waals surface area contributed by atoms with Crippen LogP contribution in [0.4, 0.5) is 0 Å².